The topological polar surface area (TPSA) is 79.0 Å². The Labute approximate surface area is 116 Å². The molecule has 104 valence electrons. The monoisotopic (exact) mass is 290 g/mol. The van der Waals surface area contributed by atoms with Gasteiger partial charge in [0.25, 0.3) is 0 Å². The lowest BCUT2D eigenvalue weighted by atomic mass is 10.1. The summed E-state index contributed by atoms with van der Waals surface area (Å²) in [5, 5.41) is 4.89. The third kappa shape index (κ3) is 2.60. The van der Waals surface area contributed by atoms with Gasteiger partial charge in [-0.15, -0.1) is 0 Å². The summed E-state index contributed by atoms with van der Waals surface area (Å²) in [5.41, 5.74) is 1.89. The van der Waals surface area contributed by atoms with Gasteiger partial charge in [-0.1, -0.05) is 18.2 Å². The molecule has 2 heterocycles. The van der Waals surface area contributed by atoms with Crippen LogP contribution in [0.5, 0.6) is 0 Å². The van der Waals surface area contributed by atoms with Crippen LogP contribution in [0, 0.1) is 0 Å². The zero-order valence-electron chi connectivity index (χ0n) is 10.7. The molecule has 0 spiro atoms. The standard InChI is InChI=1S/C14H14N2O3S/c17-14(16-11-5-6-20(18,19)9-11)7-10-8-15-13-4-2-1-3-12(10)13/h1-6,8,11,15H,7,9H2,(H,16,17). The predicted molar refractivity (Wildman–Crippen MR) is 76.9 cm³/mol. The summed E-state index contributed by atoms with van der Waals surface area (Å²) in [7, 11) is -3.14. The van der Waals surface area contributed by atoms with Crippen LogP contribution in [0.3, 0.4) is 0 Å². The molecule has 0 saturated carbocycles. The minimum atomic E-state index is -3.14. The minimum absolute atomic E-state index is 0.0490. The van der Waals surface area contributed by atoms with Gasteiger partial charge < -0.3 is 10.3 Å². The van der Waals surface area contributed by atoms with Gasteiger partial charge in [-0.2, -0.15) is 0 Å². The molecule has 0 bridgehead atoms. The molecule has 6 heteroatoms. The van der Waals surface area contributed by atoms with Crippen molar-refractivity contribution in [1.82, 2.24) is 10.3 Å². The SMILES string of the molecule is O=C(Cc1c[nH]c2ccccc12)NC1C=CS(=O)(=O)C1. The number of sulfone groups is 1. The predicted octanol–water partition coefficient (Wildman–Crippen LogP) is 1.14. The molecule has 1 unspecified atom stereocenters. The number of hydrogen-bond donors (Lipinski definition) is 2. The summed E-state index contributed by atoms with van der Waals surface area (Å²) in [6.45, 7) is 0. The van der Waals surface area contributed by atoms with Gasteiger partial charge >= 0.3 is 0 Å². The van der Waals surface area contributed by atoms with Crippen molar-refractivity contribution in [3.05, 3.63) is 47.5 Å². The van der Waals surface area contributed by atoms with Crippen LogP contribution in [-0.4, -0.2) is 31.1 Å². The number of rotatable bonds is 3. The fourth-order valence-corrected chi connectivity index (χ4v) is 3.61. The summed E-state index contributed by atoms with van der Waals surface area (Å²) in [5.74, 6) is -0.228. The number of benzene rings is 1. The second-order valence-corrected chi connectivity index (χ2v) is 6.80. The van der Waals surface area contributed by atoms with Crippen molar-refractivity contribution in [3.8, 4) is 0 Å². The molecule has 1 aliphatic heterocycles. The second-order valence-electron chi connectivity index (χ2n) is 4.87. The zero-order chi connectivity index (χ0) is 14.2. The van der Waals surface area contributed by atoms with E-state index in [9.17, 15) is 13.2 Å². The smallest absolute Gasteiger partial charge is 0.224 e. The van der Waals surface area contributed by atoms with E-state index in [1.54, 1.807) is 0 Å². The molecule has 1 amide bonds. The minimum Gasteiger partial charge on any atom is -0.361 e. The lowest BCUT2D eigenvalue weighted by molar-refractivity contribution is -0.120. The Hall–Kier alpha value is -2.08. The van der Waals surface area contributed by atoms with Gasteiger partial charge in [-0.05, 0) is 17.7 Å². The van der Waals surface area contributed by atoms with E-state index < -0.39 is 15.9 Å². The molecule has 5 nitrogen and oxygen atoms in total. The molecule has 1 aromatic heterocycles. The molecular formula is C14H14N2O3S. The zero-order valence-corrected chi connectivity index (χ0v) is 11.5. The maximum atomic E-state index is 12.0. The molecule has 0 saturated heterocycles. The summed E-state index contributed by atoms with van der Waals surface area (Å²) in [4.78, 5) is 15.1. The first-order valence-electron chi connectivity index (χ1n) is 6.29. The quantitative estimate of drug-likeness (QED) is 0.889. The Bertz CT molecular complexity index is 790. The first-order chi connectivity index (χ1) is 9.53. The molecule has 3 rings (SSSR count). The lowest BCUT2D eigenvalue weighted by Crippen LogP contribution is -2.36. The molecule has 2 N–H and O–H groups in total. The fourth-order valence-electron chi connectivity index (χ4n) is 2.37. The molecule has 0 aliphatic carbocycles. The number of aromatic nitrogens is 1. The van der Waals surface area contributed by atoms with E-state index in [4.69, 9.17) is 0 Å². The van der Waals surface area contributed by atoms with Crippen LogP contribution in [-0.2, 0) is 21.1 Å². The second kappa shape index (κ2) is 4.79. The van der Waals surface area contributed by atoms with Crippen molar-refractivity contribution in [2.75, 3.05) is 5.75 Å². The number of H-pyrrole nitrogens is 1. The fraction of sp³-hybridized carbons (Fsp3) is 0.214. The highest BCUT2D eigenvalue weighted by Gasteiger charge is 2.23. The lowest BCUT2D eigenvalue weighted by Gasteiger charge is -2.09. The van der Waals surface area contributed by atoms with Gasteiger partial charge in [0.15, 0.2) is 9.84 Å². The van der Waals surface area contributed by atoms with Gasteiger partial charge in [-0.25, -0.2) is 8.42 Å². The highest BCUT2D eigenvalue weighted by Crippen LogP contribution is 2.18. The summed E-state index contributed by atoms with van der Waals surface area (Å²) in [6, 6.07) is 7.33. The van der Waals surface area contributed by atoms with Crippen molar-refractivity contribution < 1.29 is 13.2 Å². The molecule has 0 fully saturated rings. The van der Waals surface area contributed by atoms with Crippen LogP contribution < -0.4 is 5.32 Å². The van der Waals surface area contributed by atoms with Gasteiger partial charge in [0.1, 0.15) is 0 Å². The Kier molecular flexibility index (Phi) is 3.10. The Balaban J connectivity index is 1.69. The van der Waals surface area contributed by atoms with Crippen LogP contribution in [0.2, 0.25) is 0 Å². The largest absolute Gasteiger partial charge is 0.361 e. The first kappa shape index (κ1) is 12.9. The van der Waals surface area contributed by atoms with Gasteiger partial charge in [-0.3, -0.25) is 4.79 Å². The number of amides is 1. The van der Waals surface area contributed by atoms with Crippen LogP contribution in [0.4, 0.5) is 0 Å². The molecule has 0 radical (unpaired) electrons. The van der Waals surface area contributed by atoms with Crippen LogP contribution in [0.25, 0.3) is 10.9 Å². The molecule has 1 atom stereocenters. The van der Waals surface area contributed by atoms with E-state index >= 15 is 0 Å². The van der Waals surface area contributed by atoms with Crippen molar-refractivity contribution in [2.24, 2.45) is 0 Å². The van der Waals surface area contributed by atoms with Crippen molar-refractivity contribution in [1.29, 1.82) is 0 Å². The highest BCUT2D eigenvalue weighted by atomic mass is 32.2. The van der Waals surface area contributed by atoms with E-state index in [1.807, 2.05) is 30.5 Å². The van der Waals surface area contributed by atoms with Gasteiger partial charge in [0.05, 0.1) is 18.2 Å². The Morgan fingerprint density at radius 1 is 1.35 bits per heavy atom. The third-order valence-corrected chi connectivity index (χ3v) is 4.70. The molecule has 2 aromatic rings. The van der Waals surface area contributed by atoms with Crippen molar-refractivity contribution in [2.45, 2.75) is 12.5 Å². The molecule has 1 aliphatic rings. The van der Waals surface area contributed by atoms with Gasteiger partial charge in [0, 0.05) is 22.5 Å². The average molecular weight is 290 g/mol. The third-order valence-electron chi connectivity index (χ3n) is 3.30. The number of carbonyl (C=O) groups excluding carboxylic acids is 1. The number of aromatic amines is 1. The van der Waals surface area contributed by atoms with Gasteiger partial charge in [0.2, 0.25) is 5.91 Å². The number of hydrogen-bond acceptors (Lipinski definition) is 3. The molecule has 20 heavy (non-hydrogen) atoms. The maximum Gasteiger partial charge on any atom is 0.224 e. The summed E-state index contributed by atoms with van der Waals surface area (Å²) < 4.78 is 22.5. The molecule has 1 aromatic carbocycles. The summed E-state index contributed by atoms with van der Waals surface area (Å²) in [6.07, 6.45) is 3.56. The normalized spacial score (nSPS) is 20.3. The highest BCUT2D eigenvalue weighted by molar-refractivity contribution is 7.94. The van der Waals surface area contributed by atoms with Crippen LogP contribution >= 0.6 is 0 Å². The van der Waals surface area contributed by atoms with E-state index in [1.165, 1.54) is 6.08 Å². The average Bonchev–Trinajstić information content (AvgIpc) is 2.94. The summed E-state index contributed by atoms with van der Waals surface area (Å²) >= 11 is 0. The maximum absolute atomic E-state index is 12.0. The van der Waals surface area contributed by atoms with Crippen molar-refractivity contribution in [3.63, 3.8) is 0 Å². The van der Waals surface area contributed by atoms with Crippen LogP contribution in [0.15, 0.2) is 41.9 Å². The van der Waals surface area contributed by atoms with E-state index in [-0.39, 0.29) is 18.1 Å². The van der Waals surface area contributed by atoms with E-state index in [0.717, 1.165) is 21.9 Å². The number of carbonyl (C=O) groups is 1. The Morgan fingerprint density at radius 3 is 2.90 bits per heavy atom. The number of para-hydroxylation sites is 1. The van der Waals surface area contributed by atoms with E-state index in [2.05, 4.69) is 10.3 Å². The number of nitrogens with one attached hydrogen (secondary N) is 2. The molecular weight excluding hydrogens is 276 g/mol. The van der Waals surface area contributed by atoms with E-state index in [0.29, 0.717) is 0 Å². The van der Waals surface area contributed by atoms with Crippen molar-refractivity contribution >= 4 is 26.6 Å². The van der Waals surface area contributed by atoms with Crippen LogP contribution in [0.1, 0.15) is 5.56 Å². The number of fused-ring (bicyclic) bond motifs is 1. The Morgan fingerprint density at radius 2 is 2.15 bits per heavy atom. The first-order valence-corrected chi connectivity index (χ1v) is 8.00.